The summed E-state index contributed by atoms with van der Waals surface area (Å²) in [4.78, 5) is 16.6. The first-order chi connectivity index (χ1) is 12.1. The summed E-state index contributed by atoms with van der Waals surface area (Å²) in [5.41, 5.74) is 7.28. The van der Waals surface area contributed by atoms with E-state index >= 15 is 0 Å². The molecule has 1 saturated heterocycles. The summed E-state index contributed by atoms with van der Waals surface area (Å²) in [7, 11) is -1.84. The van der Waals surface area contributed by atoms with Gasteiger partial charge in [-0.3, -0.25) is 9.69 Å². The molecule has 1 aromatic carbocycles. The number of nitrogens with two attached hydrogens (primary N) is 1. The molecule has 2 N–H and O–H groups in total. The molecular weight excluding hydrogens is 352 g/mol. The number of amides is 1. The first-order valence-electron chi connectivity index (χ1n) is 8.96. The van der Waals surface area contributed by atoms with Crippen LogP contribution in [0.4, 0.5) is 5.69 Å². The Morgan fingerprint density at radius 2 is 1.77 bits per heavy atom. The number of aryl methyl sites for hydroxylation is 1. The molecule has 0 spiro atoms. The maximum absolute atomic E-state index is 13.2. The minimum absolute atomic E-state index is 0.0134. The average Bonchev–Trinajstić information content (AvgIpc) is 2.77. The van der Waals surface area contributed by atoms with Crippen LogP contribution in [-0.4, -0.2) is 69.8 Å². The summed E-state index contributed by atoms with van der Waals surface area (Å²) in [6.07, 6.45) is 0. The summed E-state index contributed by atoms with van der Waals surface area (Å²) in [6.45, 7) is 9.21. The van der Waals surface area contributed by atoms with Gasteiger partial charge >= 0.3 is 0 Å². The van der Waals surface area contributed by atoms with E-state index in [1.807, 2.05) is 20.8 Å². The summed E-state index contributed by atoms with van der Waals surface area (Å²) < 4.78 is 27.9. The van der Waals surface area contributed by atoms with Crippen LogP contribution in [0.2, 0.25) is 0 Å². The van der Waals surface area contributed by atoms with E-state index in [-0.39, 0.29) is 10.8 Å². The normalized spacial score (nSPS) is 21.3. The number of hydrogen-bond donors (Lipinski definition) is 1. The lowest BCUT2D eigenvalue weighted by atomic mass is 9.85. The lowest BCUT2D eigenvalue weighted by Gasteiger charge is -2.33. The molecule has 2 heterocycles. The van der Waals surface area contributed by atoms with Crippen molar-refractivity contribution in [3.8, 4) is 0 Å². The maximum atomic E-state index is 13.2. The average molecular weight is 381 g/mol. The van der Waals surface area contributed by atoms with Gasteiger partial charge in [0.1, 0.15) is 0 Å². The van der Waals surface area contributed by atoms with E-state index in [2.05, 4.69) is 4.90 Å². The van der Waals surface area contributed by atoms with Crippen LogP contribution >= 0.6 is 0 Å². The van der Waals surface area contributed by atoms with E-state index < -0.39 is 15.4 Å². The Morgan fingerprint density at radius 1 is 1.15 bits per heavy atom. The van der Waals surface area contributed by atoms with Crippen molar-refractivity contribution in [2.75, 3.05) is 51.2 Å². The van der Waals surface area contributed by atoms with Crippen LogP contribution in [0.5, 0.6) is 0 Å². The predicted molar refractivity (Wildman–Crippen MR) is 102 cm³/mol. The van der Waals surface area contributed by atoms with E-state index in [9.17, 15) is 13.2 Å². The number of piperazine rings is 1. The predicted octanol–water partition coefficient (Wildman–Crippen LogP) is 0.514. The number of hydrogen-bond acceptors (Lipinski definition) is 5. The first kappa shape index (κ1) is 19.3. The summed E-state index contributed by atoms with van der Waals surface area (Å²) >= 11 is 0. The molecule has 2 aliphatic heterocycles. The number of carbonyl (C=O) groups excluding carboxylic acids is 1. The summed E-state index contributed by atoms with van der Waals surface area (Å²) in [5.74, 6) is -0.0134. The highest BCUT2D eigenvalue weighted by molar-refractivity contribution is 7.89. The highest BCUT2D eigenvalue weighted by atomic mass is 32.2. The van der Waals surface area contributed by atoms with Crippen LogP contribution in [0.3, 0.4) is 0 Å². The smallest absolute Gasteiger partial charge is 0.243 e. The van der Waals surface area contributed by atoms with Gasteiger partial charge in [0.25, 0.3) is 0 Å². The third kappa shape index (κ3) is 2.94. The number of sulfonamides is 1. The molecule has 0 aliphatic carbocycles. The minimum Gasteiger partial charge on any atom is -0.329 e. The zero-order chi connectivity index (χ0) is 19.3. The third-order valence-electron chi connectivity index (χ3n) is 5.54. The molecule has 3 rings (SSSR count). The van der Waals surface area contributed by atoms with Gasteiger partial charge in [0.15, 0.2) is 0 Å². The second kappa shape index (κ2) is 6.60. The Morgan fingerprint density at radius 3 is 2.35 bits per heavy atom. The number of fused-ring (bicyclic) bond motifs is 1. The second-order valence-corrected chi connectivity index (χ2v) is 9.60. The molecule has 0 saturated carbocycles. The fraction of sp³-hybridized carbons (Fsp3) is 0.611. The monoisotopic (exact) mass is 380 g/mol. The van der Waals surface area contributed by atoms with E-state index in [1.165, 1.54) is 4.31 Å². The van der Waals surface area contributed by atoms with Crippen molar-refractivity contribution in [1.29, 1.82) is 0 Å². The van der Waals surface area contributed by atoms with Gasteiger partial charge in [0.2, 0.25) is 15.9 Å². The van der Waals surface area contributed by atoms with Gasteiger partial charge in [-0.1, -0.05) is 0 Å². The van der Waals surface area contributed by atoms with E-state index in [1.54, 1.807) is 24.1 Å². The Hall–Kier alpha value is -1.48. The van der Waals surface area contributed by atoms with E-state index in [0.717, 1.165) is 23.4 Å². The zero-order valence-corrected chi connectivity index (χ0v) is 16.8. The van der Waals surface area contributed by atoms with Crippen LogP contribution in [0.1, 0.15) is 25.0 Å². The molecule has 8 heteroatoms. The van der Waals surface area contributed by atoms with Crippen molar-refractivity contribution in [3.63, 3.8) is 0 Å². The highest BCUT2D eigenvalue weighted by Gasteiger charge is 2.44. The fourth-order valence-corrected chi connectivity index (χ4v) is 5.51. The lowest BCUT2D eigenvalue weighted by Crippen LogP contribution is -2.49. The van der Waals surface area contributed by atoms with Crippen molar-refractivity contribution in [2.24, 2.45) is 5.73 Å². The number of rotatable bonds is 4. The molecule has 0 radical (unpaired) electrons. The van der Waals surface area contributed by atoms with Crippen LogP contribution in [-0.2, 0) is 20.2 Å². The van der Waals surface area contributed by atoms with Gasteiger partial charge in [-0.25, -0.2) is 8.42 Å². The molecule has 1 fully saturated rings. The molecule has 2 aliphatic rings. The largest absolute Gasteiger partial charge is 0.329 e. The maximum Gasteiger partial charge on any atom is 0.243 e. The summed E-state index contributed by atoms with van der Waals surface area (Å²) in [5, 5.41) is 0. The molecule has 0 aromatic heterocycles. The number of carbonyl (C=O) groups is 1. The topological polar surface area (TPSA) is 86.9 Å². The second-order valence-electron chi connectivity index (χ2n) is 7.66. The zero-order valence-electron chi connectivity index (χ0n) is 15.9. The van der Waals surface area contributed by atoms with Gasteiger partial charge < -0.3 is 10.6 Å². The standard InChI is InChI=1S/C18H28N4O3S/c1-13-11-14(12-15-16(13)20(4)17(23)18(15,2)3)26(24,25)22-9-7-21(6-5-19)8-10-22/h11-12H,5-10,19H2,1-4H3. The van der Waals surface area contributed by atoms with Crippen LogP contribution in [0.15, 0.2) is 17.0 Å². The number of benzene rings is 1. The molecule has 7 nitrogen and oxygen atoms in total. The molecule has 1 aromatic rings. The Bertz CT molecular complexity index is 827. The van der Waals surface area contributed by atoms with Gasteiger partial charge in [0, 0.05) is 46.3 Å². The molecule has 0 bridgehead atoms. The first-order valence-corrected chi connectivity index (χ1v) is 10.4. The van der Waals surface area contributed by atoms with Crippen molar-refractivity contribution < 1.29 is 13.2 Å². The molecule has 26 heavy (non-hydrogen) atoms. The molecule has 0 atom stereocenters. The van der Waals surface area contributed by atoms with Crippen molar-refractivity contribution in [2.45, 2.75) is 31.1 Å². The number of nitrogens with zero attached hydrogens (tertiary/aromatic N) is 3. The van der Waals surface area contributed by atoms with Crippen LogP contribution < -0.4 is 10.6 Å². The van der Waals surface area contributed by atoms with Crippen LogP contribution in [0, 0.1) is 6.92 Å². The SMILES string of the molecule is Cc1cc(S(=O)(=O)N2CCN(CCN)CC2)cc2c1N(C)C(=O)C2(C)C. The van der Waals surface area contributed by atoms with Crippen molar-refractivity contribution in [3.05, 3.63) is 23.3 Å². The number of likely N-dealkylation sites (N-methyl/N-ethyl adjacent to an activating group) is 1. The van der Waals surface area contributed by atoms with Crippen LogP contribution in [0.25, 0.3) is 0 Å². The lowest BCUT2D eigenvalue weighted by molar-refractivity contribution is -0.121. The van der Waals surface area contributed by atoms with Crippen molar-refractivity contribution >= 4 is 21.6 Å². The third-order valence-corrected chi connectivity index (χ3v) is 7.41. The van der Waals surface area contributed by atoms with Gasteiger partial charge in [-0.2, -0.15) is 4.31 Å². The number of anilines is 1. The molecule has 1 amide bonds. The van der Waals surface area contributed by atoms with Gasteiger partial charge in [0.05, 0.1) is 16.0 Å². The van der Waals surface area contributed by atoms with E-state index in [4.69, 9.17) is 5.73 Å². The Balaban J connectivity index is 1.95. The quantitative estimate of drug-likeness (QED) is 0.823. The summed E-state index contributed by atoms with van der Waals surface area (Å²) in [6, 6.07) is 3.37. The Kier molecular flexibility index (Phi) is 4.89. The van der Waals surface area contributed by atoms with Crippen molar-refractivity contribution in [1.82, 2.24) is 9.21 Å². The molecule has 144 valence electrons. The highest BCUT2D eigenvalue weighted by Crippen LogP contribution is 2.44. The molecular formula is C18H28N4O3S. The van der Waals surface area contributed by atoms with Gasteiger partial charge in [-0.05, 0) is 44.0 Å². The molecule has 0 unspecified atom stereocenters. The van der Waals surface area contributed by atoms with E-state index in [0.29, 0.717) is 32.7 Å². The van der Waals surface area contributed by atoms with Gasteiger partial charge in [-0.15, -0.1) is 0 Å². The fourth-order valence-electron chi connectivity index (χ4n) is 3.98. The minimum atomic E-state index is -3.58. The Labute approximate surface area is 155 Å².